The summed E-state index contributed by atoms with van der Waals surface area (Å²) in [6, 6.07) is 7.12. The zero-order valence-electron chi connectivity index (χ0n) is 13.2. The normalized spacial score (nSPS) is 10.8. The third-order valence-electron chi connectivity index (χ3n) is 3.67. The molecule has 0 spiro atoms. The first-order valence-electron chi connectivity index (χ1n) is 7.30. The molecular weight excluding hydrogens is 328 g/mol. The van der Waals surface area contributed by atoms with E-state index >= 15 is 0 Å². The number of hydrogen-bond acceptors (Lipinski definition) is 6. The molecule has 0 bridgehead atoms. The number of hydrogen-bond donors (Lipinski definition) is 1. The van der Waals surface area contributed by atoms with Crippen molar-refractivity contribution in [2.45, 2.75) is 13.1 Å². The molecule has 3 aromatic rings. The average Bonchev–Trinajstić information content (AvgIpc) is 2.95. The average molecular weight is 342 g/mol. The number of aromatic nitrogens is 4. The summed E-state index contributed by atoms with van der Waals surface area (Å²) in [6.45, 7) is -0.269. The van der Waals surface area contributed by atoms with Crippen LogP contribution in [0.1, 0.15) is 16.1 Å². The summed E-state index contributed by atoms with van der Waals surface area (Å²) in [5, 5.41) is 16.9. The van der Waals surface area contributed by atoms with Crippen LogP contribution in [-0.4, -0.2) is 44.0 Å². The lowest BCUT2D eigenvalue weighted by atomic mass is 10.2. The molecule has 0 fully saturated rings. The van der Waals surface area contributed by atoms with Crippen LogP contribution in [0.3, 0.4) is 0 Å². The van der Waals surface area contributed by atoms with Crippen LogP contribution >= 0.6 is 0 Å². The fourth-order valence-electron chi connectivity index (χ4n) is 2.50. The van der Waals surface area contributed by atoms with Gasteiger partial charge in [-0.1, -0.05) is 12.1 Å². The minimum Gasteiger partial charge on any atom is -0.497 e. The second-order valence-electron chi connectivity index (χ2n) is 5.27. The predicted octanol–water partition coefficient (Wildman–Crippen LogP) is 0.547. The van der Waals surface area contributed by atoms with E-state index in [1.165, 1.54) is 10.9 Å². The van der Waals surface area contributed by atoms with Gasteiger partial charge < -0.3 is 9.84 Å². The van der Waals surface area contributed by atoms with Crippen molar-refractivity contribution in [3.8, 4) is 5.75 Å². The Morgan fingerprint density at radius 3 is 2.60 bits per heavy atom. The number of rotatable bonds is 6. The van der Waals surface area contributed by atoms with E-state index in [4.69, 9.17) is 9.84 Å². The van der Waals surface area contributed by atoms with Gasteiger partial charge in [0, 0.05) is 0 Å². The molecule has 9 heteroatoms. The lowest BCUT2D eigenvalue weighted by molar-refractivity contribution is -0.137. The van der Waals surface area contributed by atoms with Crippen LogP contribution in [0, 0.1) is 0 Å². The Morgan fingerprint density at radius 1 is 1.28 bits per heavy atom. The number of ether oxygens (including phenoxy) is 1. The minimum absolute atomic E-state index is 0.0553. The number of fused-ring (bicyclic) bond motifs is 1. The minimum atomic E-state index is -1.13. The molecule has 0 saturated heterocycles. The highest BCUT2D eigenvalue weighted by atomic mass is 16.5. The number of carbonyl (C=O) groups excluding carboxylic acids is 1. The Labute approximate surface area is 141 Å². The highest BCUT2D eigenvalue weighted by molar-refractivity contribution is 5.94. The molecule has 2 heterocycles. The van der Waals surface area contributed by atoms with E-state index < -0.39 is 18.1 Å². The molecule has 0 atom stereocenters. The van der Waals surface area contributed by atoms with Crippen LogP contribution < -0.4 is 10.3 Å². The maximum atomic E-state index is 12.7. The molecule has 9 nitrogen and oxygen atoms in total. The Morgan fingerprint density at radius 2 is 2.00 bits per heavy atom. The molecule has 25 heavy (non-hydrogen) atoms. The predicted molar refractivity (Wildman–Crippen MR) is 86.9 cm³/mol. The molecule has 2 aromatic heterocycles. The first kappa shape index (κ1) is 16.4. The van der Waals surface area contributed by atoms with Crippen LogP contribution in [0.15, 0.2) is 35.3 Å². The van der Waals surface area contributed by atoms with Gasteiger partial charge in [0.1, 0.15) is 18.0 Å². The van der Waals surface area contributed by atoms with Crippen molar-refractivity contribution >= 4 is 23.2 Å². The molecule has 0 aliphatic heterocycles. The number of nitrogens with zero attached hydrogens (tertiary/aromatic N) is 4. The summed E-state index contributed by atoms with van der Waals surface area (Å²) in [7, 11) is 1.56. The lowest BCUT2D eigenvalue weighted by Gasteiger charge is -2.06. The maximum Gasteiger partial charge on any atom is 0.325 e. The molecule has 3 rings (SSSR count). The topological polar surface area (TPSA) is 116 Å². The van der Waals surface area contributed by atoms with Gasteiger partial charge >= 0.3 is 5.97 Å². The quantitative estimate of drug-likeness (QED) is 0.650. The second kappa shape index (κ2) is 6.56. The third-order valence-corrected chi connectivity index (χ3v) is 3.67. The van der Waals surface area contributed by atoms with E-state index in [0.29, 0.717) is 12.0 Å². The van der Waals surface area contributed by atoms with E-state index in [0.717, 1.165) is 10.2 Å². The number of benzene rings is 1. The number of methoxy groups -OCH3 is 1. The fourth-order valence-corrected chi connectivity index (χ4v) is 2.50. The number of carbonyl (C=O) groups is 2. The van der Waals surface area contributed by atoms with Gasteiger partial charge in [-0.2, -0.15) is 10.2 Å². The van der Waals surface area contributed by atoms with Crippen molar-refractivity contribution in [3.05, 3.63) is 52.1 Å². The number of aliphatic carboxylic acids is 1. The highest BCUT2D eigenvalue weighted by Gasteiger charge is 2.17. The molecule has 0 radical (unpaired) electrons. The zero-order chi connectivity index (χ0) is 18.0. The van der Waals surface area contributed by atoms with Gasteiger partial charge in [0.2, 0.25) is 0 Å². The monoisotopic (exact) mass is 342 g/mol. The molecular formula is C16H14N4O5. The third kappa shape index (κ3) is 3.11. The van der Waals surface area contributed by atoms with Gasteiger partial charge in [0.15, 0.2) is 6.29 Å². The van der Waals surface area contributed by atoms with Crippen LogP contribution in [-0.2, 0) is 17.9 Å². The summed E-state index contributed by atoms with van der Waals surface area (Å²) in [4.78, 5) is 34.7. The molecule has 1 aromatic carbocycles. The SMILES string of the molecule is COc1ccc(Cn2ncc3c(c(C=O)nn3CC(=O)O)c2=O)cc1. The Kier molecular flexibility index (Phi) is 4.29. The Balaban J connectivity index is 2.05. The largest absolute Gasteiger partial charge is 0.497 e. The van der Waals surface area contributed by atoms with Gasteiger partial charge in [-0.05, 0) is 17.7 Å². The van der Waals surface area contributed by atoms with Crippen molar-refractivity contribution in [2.75, 3.05) is 7.11 Å². The molecule has 1 N–H and O–H groups in total. The van der Waals surface area contributed by atoms with Crippen LogP contribution in [0.2, 0.25) is 0 Å². The fraction of sp³-hybridized carbons (Fsp3) is 0.188. The van der Waals surface area contributed by atoms with Gasteiger partial charge in [-0.15, -0.1) is 0 Å². The summed E-state index contributed by atoms with van der Waals surface area (Å²) in [6.07, 6.45) is 1.77. The smallest absolute Gasteiger partial charge is 0.325 e. The van der Waals surface area contributed by atoms with E-state index in [1.54, 1.807) is 31.4 Å². The highest BCUT2D eigenvalue weighted by Crippen LogP contribution is 2.14. The second-order valence-corrected chi connectivity index (χ2v) is 5.27. The van der Waals surface area contributed by atoms with Crippen molar-refractivity contribution in [3.63, 3.8) is 0 Å². The molecule has 0 amide bonds. The van der Waals surface area contributed by atoms with Gasteiger partial charge in [0.25, 0.3) is 5.56 Å². The molecule has 0 saturated carbocycles. The Bertz CT molecular complexity index is 1000. The first-order chi connectivity index (χ1) is 12.0. The summed E-state index contributed by atoms with van der Waals surface area (Å²) in [5.41, 5.74) is 0.417. The van der Waals surface area contributed by atoms with E-state index in [9.17, 15) is 14.4 Å². The van der Waals surface area contributed by atoms with Gasteiger partial charge in [0.05, 0.1) is 30.8 Å². The van der Waals surface area contributed by atoms with Gasteiger partial charge in [-0.3, -0.25) is 19.1 Å². The number of carboxylic acid groups (broad SMARTS) is 1. The summed E-state index contributed by atoms with van der Waals surface area (Å²) < 4.78 is 7.36. The van der Waals surface area contributed by atoms with Crippen molar-refractivity contribution in [2.24, 2.45) is 0 Å². The van der Waals surface area contributed by atoms with E-state index in [-0.39, 0.29) is 23.1 Å². The first-order valence-corrected chi connectivity index (χ1v) is 7.30. The maximum absolute atomic E-state index is 12.7. The Hall–Kier alpha value is -3.49. The number of aldehydes is 1. The van der Waals surface area contributed by atoms with Crippen LogP contribution in [0.4, 0.5) is 0 Å². The van der Waals surface area contributed by atoms with Crippen molar-refractivity contribution < 1.29 is 19.4 Å². The standard InChI is InChI=1S/C16H14N4O5/c1-25-11-4-2-10(3-5-11)7-20-16(24)15-12(9-21)18-19(8-14(22)23)13(15)6-17-20/h2-6,9H,7-8H2,1H3,(H,22,23). The van der Waals surface area contributed by atoms with Crippen molar-refractivity contribution in [1.82, 2.24) is 19.6 Å². The van der Waals surface area contributed by atoms with Crippen LogP contribution in [0.5, 0.6) is 5.75 Å². The van der Waals surface area contributed by atoms with Gasteiger partial charge in [-0.25, -0.2) is 4.68 Å². The van der Waals surface area contributed by atoms with Crippen LogP contribution in [0.25, 0.3) is 10.9 Å². The van der Waals surface area contributed by atoms with E-state index in [2.05, 4.69) is 10.2 Å². The summed E-state index contributed by atoms with van der Waals surface area (Å²) in [5.74, 6) is -0.443. The summed E-state index contributed by atoms with van der Waals surface area (Å²) >= 11 is 0. The zero-order valence-corrected chi connectivity index (χ0v) is 13.2. The van der Waals surface area contributed by atoms with E-state index in [1.807, 2.05) is 0 Å². The lowest BCUT2D eigenvalue weighted by Crippen LogP contribution is -2.24. The van der Waals surface area contributed by atoms with Crippen molar-refractivity contribution in [1.29, 1.82) is 0 Å². The molecule has 0 aliphatic rings. The molecule has 128 valence electrons. The molecule has 0 unspecified atom stereocenters. The number of carboxylic acids is 1. The molecule has 0 aliphatic carbocycles.